The number of aromatic nitrogens is 2. The molecule has 1 aromatic heterocycles. The second-order valence-electron chi connectivity index (χ2n) is 5.78. The van der Waals surface area contributed by atoms with Crippen molar-refractivity contribution in [1.82, 2.24) is 20.4 Å². The molecule has 23 heavy (non-hydrogen) atoms. The molecule has 2 aromatic rings. The maximum atomic E-state index is 4.66. The van der Waals surface area contributed by atoms with E-state index in [1.165, 1.54) is 12.0 Å². The van der Waals surface area contributed by atoms with Crippen molar-refractivity contribution in [3.05, 3.63) is 48.3 Å². The van der Waals surface area contributed by atoms with Crippen LogP contribution < -0.4 is 10.6 Å². The quantitative estimate of drug-likeness (QED) is 0.440. The minimum absolute atomic E-state index is 0. The molecule has 1 aliphatic carbocycles. The van der Waals surface area contributed by atoms with Crippen LogP contribution in [0.4, 0.5) is 0 Å². The van der Waals surface area contributed by atoms with Gasteiger partial charge < -0.3 is 10.6 Å². The standard InChI is InChI=1S/C17H23N5.HI/c1-3-18-17(21-16-11-13(16)2)19-12-14-5-7-15(8-6-14)22-10-4-9-20-22;/h4-10,13,16H,3,11-12H2,1-2H3,(H2,18,19,21);1H. The Morgan fingerprint density at radius 3 is 2.65 bits per heavy atom. The summed E-state index contributed by atoms with van der Waals surface area (Å²) in [6, 6.07) is 10.8. The van der Waals surface area contributed by atoms with Crippen LogP contribution in [-0.2, 0) is 6.54 Å². The second kappa shape index (κ2) is 8.33. The molecule has 0 spiro atoms. The molecule has 1 heterocycles. The zero-order valence-electron chi connectivity index (χ0n) is 13.6. The van der Waals surface area contributed by atoms with Crippen molar-refractivity contribution in [3.8, 4) is 5.69 Å². The summed E-state index contributed by atoms with van der Waals surface area (Å²) in [4.78, 5) is 4.66. The molecule has 6 heteroatoms. The van der Waals surface area contributed by atoms with E-state index < -0.39 is 0 Å². The van der Waals surface area contributed by atoms with Crippen molar-refractivity contribution in [2.45, 2.75) is 32.9 Å². The molecule has 124 valence electrons. The number of nitrogens with zero attached hydrogens (tertiary/aromatic N) is 3. The van der Waals surface area contributed by atoms with Gasteiger partial charge in [-0.2, -0.15) is 5.10 Å². The van der Waals surface area contributed by atoms with E-state index in [0.717, 1.165) is 24.1 Å². The third kappa shape index (κ3) is 4.95. The number of halogens is 1. The van der Waals surface area contributed by atoms with E-state index in [0.29, 0.717) is 12.6 Å². The third-order valence-electron chi connectivity index (χ3n) is 3.90. The summed E-state index contributed by atoms with van der Waals surface area (Å²) in [6.07, 6.45) is 4.96. The van der Waals surface area contributed by atoms with Gasteiger partial charge in [-0.3, -0.25) is 0 Å². The molecule has 2 unspecified atom stereocenters. The van der Waals surface area contributed by atoms with Gasteiger partial charge in [-0.1, -0.05) is 19.1 Å². The Kier molecular flexibility index (Phi) is 6.44. The minimum Gasteiger partial charge on any atom is -0.357 e. The molecule has 1 aromatic carbocycles. The topological polar surface area (TPSA) is 54.2 Å². The molecule has 0 amide bonds. The van der Waals surface area contributed by atoms with E-state index in [1.54, 1.807) is 6.20 Å². The highest BCUT2D eigenvalue weighted by Gasteiger charge is 2.33. The zero-order chi connectivity index (χ0) is 15.4. The maximum absolute atomic E-state index is 4.66. The van der Waals surface area contributed by atoms with Crippen LogP contribution in [0.5, 0.6) is 0 Å². The summed E-state index contributed by atoms with van der Waals surface area (Å²) in [5.74, 6) is 1.67. The molecule has 1 fully saturated rings. The summed E-state index contributed by atoms with van der Waals surface area (Å²) in [7, 11) is 0. The number of hydrogen-bond acceptors (Lipinski definition) is 2. The highest BCUT2D eigenvalue weighted by Crippen LogP contribution is 2.28. The smallest absolute Gasteiger partial charge is 0.191 e. The minimum atomic E-state index is 0. The number of guanidine groups is 1. The fourth-order valence-electron chi connectivity index (χ4n) is 2.36. The van der Waals surface area contributed by atoms with E-state index in [1.807, 2.05) is 16.9 Å². The Balaban J connectivity index is 0.00000192. The molecular weight excluding hydrogens is 401 g/mol. The lowest BCUT2D eigenvalue weighted by Crippen LogP contribution is -2.39. The molecule has 2 atom stereocenters. The van der Waals surface area contributed by atoms with Gasteiger partial charge in [0.1, 0.15) is 0 Å². The largest absolute Gasteiger partial charge is 0.357 e. The van der Waals surface area contributed by atoms with Crippen molar-refractivity contribution < 1.29 is 0 Å². The number of aliphatic imine (C=N–C) groups is 1. The first-order valence-electron chi connectivity index (χ1n) is 7.90. The Morgan fingerprint density at radius 1 is 1.35 bits per heavy atom. The van der Waals surface area contributed by atoms with Crippen LogP contribution in [0.3, 0.4) is 0 Å². The van der Waals surface area contributed by atoms with Crippen molar-refractivity contribution in [2.75, 3.05) is 6.54 Å². The van der Waals surface area contributed by atoms with Gasteiger partial charge in [0.05, 0.1) is 12.2 Å². The third-order valence-corrected chi connectivity index (χ3v) is 3.90. The van der Waals surface area contributed by atoms with E-state index in [9.17, 15) is 0 Å². The molecule has 0 bridgehead atoms. The predicted molar refractivity (Wildman–Crippen MR) is 104 cm³/mol. The van der Waals surface area contributed by atoms with Gasteiger partial charge in [-0.05, 0) is 43.0 Å². The maximum Gasteiger partial charge on any atom is 0.191 e. The van der Waals surface area contributed by atoms with Gasteiger partial charge in [-0.25, -0.2) is 9.67 Å². The summed E-state index contributed by atoms with van der Waals surface area (Å²) in [5, 5.41) is 11.0. The molecule has 2 N–H and O–H groups in total. The lowest BCUT2D eigenvalue weighted by atomic mass is 10.2. The van der Waals surface area contributed by atoms with Gasteiger partial charge in [0.25, 0.3) is 0 Å². The first-order valence-corrected chi connectivity index (χ1v) is 7.90. The van der Waals surface area contributed by atoms with Crippen molar-refractivity contribution in [3.63, 3.8) is 0 Å². The summed E-state index contributed by atoms with van der Waals surface area (Å²) < 4.78 is 1.85. The summed E-state index contributed by atoms with van der Waals surface area (Å²) in [6.45, 7) is 5.91. The van der Waals surface area contributed by atoms with E-state index >= 15 is 0 Å². The van der Waals surface area contributed by atoms with Crippen molar-refractivity contribution in [1.29, 1.82) is 0 Å². The molecule has 0 radical (unpaired) electrons. The van der Waals surface area contributed by atoms with Gasteiger partial charge in [0, 0.05) is 25.0 Å². The van der Waals surface area contributed by atoms with Crippen molar-refractivity contribution >= 4 is 29.9 Å². The number of hydrogen-bond donors (Lipinski definition) is 2. The first kappa shape index (κ1) is 17.8. The second-order valence-corrected chi connectivity index (χ2v) is 5.78. The fraction of sp³-hybridized carbons (Fsp3) is 0.412. The Labute approximate surface area is 154 Å². The Bertz CT molecular complexity index is 621. The van der Waals surface area contributed by atoms with Gasteiger partial charge in [0.15, 0.2) is 5.96 Å². The predicted octanol–water partition coefficient (Wildman–Crippen LogP) is 2.95. The lowest BCUT2D eigenvalue weighted by molar-refractivity contribution is 0.766. The highest BCUT2D eigenvalue weighted by atomic mass is 127. The molecule has 5 nitrogen and oxygen atoms in total. The Hall–Kier alpha value is -1.57. The van der Waals surface area contributed by atoms with Gasteiger partial charge in [0.2, 0.25) is 0 Å². The van der Waals surface area contributed by atoms with Crippen LogP contribution in [0.25, 0.3) is 5.69 Å². The lowest BCUT2D eigenvalue weighted by Gasteiger charge is -2.10. The van der Waals surface area contributed by atoms with Crippen molar-refractivity contribution in [2.24, 2.45) is 10.9 Å². The van der Waals surface area contributed by atoms with Crippen LogP contribution in [-0.4, -0.2) is 28.3 Å². The SMILES string of the molecule is CCNC(=NCc1ccc(-n2cccn2)cc1)NC1CC1C.I. The van der Waals surface area contributed by atoms with E-state index in [-0.39, 0.29) is 24.0 Å². The molecular formula is C17H24IN5. The number of benzene rings is 1. The van der Waals surface area contributed by atoms with Crippen LogP contribution in [0.2, 0.25) is 0 Å². The molecule has 0 aliphatic heterocycles. The van der Waals surface area contributed by atoms with Gasteiger partial charge in [-0.15, -0.1) is 24.0 Å². The Morgan fingerprint density at radius 2 is 2.09 bits per heavy atom. The van der Waals surface area contributed by atoms with Crippen LogP contribution in [0.1, 0.15) is 25.8 Å². The summed E-state index contributed by atoms with van der Waals surface area (Å²) in [5.41, 5.74) is 2.26. The molecule has 1 saturated carbocycles. The molecule has 1 aliphatic rings. The van der Waals surface area contributed by atoms with Crippen LogP contribution in [0.15, 0.2) is 47.7 Å². The molecule has 0 saturated heterocycles. The molecule has 3 rings (SSSR count). The van der Waals surface area contributed by atoms with E-state index in [2.05, 4.69) is 58.8 Å². The van der Waals surface area contributed by atoms with E-state index in [4.69, 9.17) is 0 Å². The van der Waals surface area contributed by atoms with Crippen LogP contribution in [0, 0.1) is 5.92 Å². The average molecular weight is 425 g/mol. The summed E-state index contributed by atoms with van der Waals surface area (Å²) >= 11 is 0. The monoisotopic (exact) mass is 425 g/mol. The number of nitrogens with one attached hydrogen (secondary N) is 2. The highest BCUT2D eigenvalue weighted by molar-refractivity contribution is 14.0. The average Bonchev–Trinajstić information content (AvgIpc) is 3.02. The van der Waals surface area contributed by atoms with Crippen LogP contribution >= 0.6 is 24.0 Å². The normalized spacial score (nSPS) is 19.8. The van der Waals surface area contributed by atoms with Gasteiger partial charge >= 0.3 is 0 Å². The fourth-order valence-corrected chi connectivity index (χ4v) is 2.36. The zero-order valence-corrected chi connectivity index (χ0v) is 15.9. The number of rotatable bonds is 5. The first-order chi connectivity index (χ1) is 10.8.